The molecule has 1 rings (SSSR count). The lowest BCUT2D eigenvalue weighted by atomic mass is 10.1. The molecule has 0 saturated heterocycles. The molecule has 0 aliphatic carbocycles. The lowest BCUT2D eigenvalue weighted by molar-refractivity contribution is -0.137. The van der Waals surface area contributed by atoms with Gasteiger partial charge in [0.15, 0.2) is 0 Å². The van der Waals surface area contributed by atoms with Gasteiger partial charge in [-0.1, -0.05) is 12.1 Å². The maximum absolute atomic E-state index is 12.7. The Balaban J connectivity index is 2.22. The number of aliphatic carboxylic acids is 1. The average molecular weight is 239 g/mol. The van der Waals surface area contributed by atoms with Crippen molar-refractivity contribution in [3.05, 3.63) is 35.6 Å². The van der Waals surface area contributed by atoms with Crippen LogP contribution in [0.2, 0.25) is 0 Å². The number of carboxylic acid groups (broad SMARTS) is 1. The molecule has 1 atom stereocenters. The molecule has 0 aliphatic heterocycles. The fourth-order valence-electron chi connectivity index (χ4n) is 1.63. The number of carbonyl (C=O) groups is 1. The second kappa shape index (κ2) is 7.01. The van der Waals surface area contributed by atoms with Gasteiger partial charge in [-0.2, -0.15) is 0 Å². The summed E-state index contributed by atoms with van der Waals surface area (Å²) in [6, 6.07) is 6.70. The third-order valence-electron chi connectivity index (χ3n) is 2.52. The van der Waals surface area contributed by atoms with Gasteiger partial charge in [-0.05, 0) is 44.0 Å². The van der Waals surface area contributed by atoms with E-state index in [0.717, 1.165) is 12.0 Å². The molecule has 3 nitrogen and oxygen atoms in total. The van der Waals surface area contributed by atoms with Crippen molar-refractivity contribution in [2.24, 2.45) is 0 Å². The summed E-state index contributed by atoms with van der Waals surface area (Å²) in [5.41, 5.74) is 1.07. The number of hydrogen-bond donors (Lipinski definition) is 2. The van der Waals surface area contributed by atoms with Crippen LogP contribution in [0.15, 0.2) is 24.3 Å². The van der Waals surface area contributed by atoms with Crippen LogP contribution in [0.25, 0.3) is 0 Å². The Morgan fingerprint density at radius 1 is 1.41 bits per heavy atom. The Hall–Kier alpha value is -1.42. The molecule has 0 aliphatic rings. The maximum atomic E-state index is 12.7. The standard InChI is InChI=1S/C13H18FNO2/c1-10(15-8-2-3-13(16)17)9-11-4-6-12(14)7-5-11/h4-7,10,15H,2-3,8-9H2,1H3,(H,16,17). The molecule has 0 bridgehead atoms. The summed E-state index contributed by atoms with van der Waals surface area (Å²) < 4.78 is 12.7. The zero-order chi connectivity index (χ0) is 12.7. The summed E-state index contributed by atoms with van der Waals surface area (Å²) in [5, 5.41) is 11.7. The first-order valence-electron chi connectivity index (χ1n) is 5.77. The van der Waals surface area contributed by atoms with Crippen LogP contribution in [0, 0.1) is 5.82 Å². The van der Waals surface area contributed by atoms with Crippen molar-refractivity contribution in [3.8, 4) is 0 Å². The van der Waals surface area contributed by atoms with E-state index in [1.54, 1.807) is 12.1 Å². The van der Waals surface area contributed by atoms with E-state index in [4.69, 9.17) is 5.11 Å². The molecule has 0 radical (unpaired) electrons. The Labute approximate surface area is 101 Å². The molecular weight excluding hydrogens is 221 g/mol. The molecule has 0 aromatic heterocycles. The first-order valence-corrected chi connectivity index (χ1v) is 5.77. The van der Waals surface area contributed by atoms with Crippen LogP contribution in [0.4, 0.5) is 4.39 Å². The van der Waals surface area contributed by atoms with Gasteiger partial charge in [0.2, 0.25) is 0 Å². The van der Waals surface area contributed by atoms with Crippen molar-refractivity contribution in [1.82, 2.24) is 5.32 Å². The monoisotopic (exact) mass is 239 g/mol. The Bertz CT molecular complexity index is 351. The fourth-order valence-corrected chi connectivity index (χ4v) is 1.63. The van der Waals surface area contributed by atoms with Crippen molar-refractivity contribution in [2.75, 3.05) is 6.54 Å². The van der Waals surface area contributed by atoms with Crippen LogP contribution in [0.5, 0.6) is 0 Å². The summed E-state index contributed by atoms with van der Waals surface area (Å²) >= 11 is 0. The smallest absolute Gasteiger partial charge is 0.303 e. The molecule has 17 heavy (non-hydrogen) atoms. The largest absolute Gasteiger partial charge is 0.481 e. The molecule has 0 heterocycles. The van der Waals surface area contributed by atoms with Gasteiger partial charge in [-0.15, -0.1) is 0 Å². The highest BCUT2D eigenvalue weighted by atomic mass is 19.1. The lowest BCUT2D eigenvalue weighted by Gasteiger charge is -2.13. The number of rotatable bonds is 7. The normalized spacial score (nSPS) is 12.4. The molecule has 0 fully saturated rings. The predicted molar refractivity (Wildman–Crippen MR) is 64.4 cm³/mol. The van der Waals surface area contributed by atoms with E-state index < -0.39 is 5.97 Å². The summed E-state index contributed by atoms with van der Waals surface area (Å²) in [7, 11) is 0. The van der Waals surface area contributed by atoms with Crippen molar-refractivity contribution in [2.45, 2.75) is 32.2 Å². The fraction of sp³-hybridized carbons (Fsp3) is 0.462. The Kier molecular flexibility index (Phi) is 5.63. The number of carboxylic acids is 1. The minimum absolute atomic E-state index is 0.191. The van der Waals surface area contributed by atoms with Crippen LogP contribution in [-0.4, -0.2) is 23.7 Å². The molecule has 94 valence electrons. The molecule has 2 N–H and O–H groups in total. The van der Waals surface area contributed by atoms with Gasteiger partial charge < -0.3 is 10.4 Å². The van der Waals surface area contributed by atoms with Gasteiger partial charge in [0.25, 0.3) is 0 Å². The topological polar surface area (TPSA) is 49.3 Å². The van der Waals surface area contributed by atoms with Crippen LogP contribution >= 0.6 is 0 Å². The van der Waals surface area contributed by atoms with Crippen LogP contribution in [0.1, 0.15) is 25.3 Å². The van der Waals surface area contributed by atoms with E-state index in [1.165, 1.54) is 12.1 Å². The predicted octanol–water partition coefficient (Wildman–Crippen LogP) is 2.21. The van der Waals surface area contributed by atoms with E-state index in [-0.39, 0.29) is 18.3 Å². The van der Waals surface area contributed by atoms with E-state index in [2.05, 4.69) is 5.32 Å². The molecule has 0 amide bonds. The maximum Gasteiger partial charge on any atom is 0.303 e. The summed E-state index contributed by atoms with van der Waals surface area (Å²) in [6.45, 7) is 2.72. The second-order valence-corrected chi connectivity index (χ2v) is 4.18. The minimum atomic E-state index is -0.766. The number of halogens is 1. The van der Waals surface area contributed by atoms with E-state index >= 15 is 0 Å². The molecule has 1 aromatic rings. The highest BCUT2D eigenvalue weighted by molar-refractivity contribution is 5.66. The third-order valence-corrected chi connectivity index (χ3v) is 2.52. The number of benzene rings is 1. The summed E-state index contributed by atoms with van der Waals surface area (Å²) in [6.07, 6.45) is 1.63. The highest BCUT2D eigenvalue weighted by Crippen LogP contribution is 2.05. The highest BCUT2D eigenvalue weighted by Gasteiger charge is 2.03. The summed E-state index contributed by atoms with van der Waals surface area (Å²) in [5.74, 6) is -0.992. The molecular formula is C13H18FNO2. The zero-order valence-corrected chi connectivity index (χ0v) is 9.95. The molecule has 0 spiro atoms. The Morgan fingerprint density at radius 3 is 2.65 bits per heavy atom. The van der Waals surface area contributed by atoms with Crippen molar-refractivity contribution in [1.29, 1.82) is 0 Å². The van der Waals surface area contributed by atoms with Gasteiger partial charge >= 0.3 is 5.97 Å². The van der Waals surface area contributed by atoms with Gasteiger partial charge in [0.05, 0.1) is 0 Å². The van der Waals surface area contributed by atoms with Crippen molar-refractivity contribution in [3.63, 3.8) is 0 Å². The molecule has 1 aromatic carbocycles. The van der Waals surface area contributed by atoms with Gasteiger partial charge in [-0.3, -0.25) is 4.79 Å². The van der Waals surface area contributed by atoms with Crippen LogP contribution < -0.4 is 5.32 Å². The molecule has 4 heteroatoms. The second-order valence-electron chi connectivity index (χ2n) is 4.18. The zero-order valence-electron chi connectivity index (χ0n) is 9.95. The first-order chi connectivity index (χ1) is 8.08. The number of hydrogen-bond acceptors (Lipinski definition) is 2. The third kappa shape index (κ3) is 6.02. The first kappa shape index (κ1) is 13.6. The van der Waals surface area contributed by atoms with Gasteiger partial charge in [-0.25, -0.2) is 4.39 Å². The molecule has 1 unspecified atom stereocenters. The van der Waals surface area contributed by atoms with E-state index in [9.17, 15) is 9.18 Å². The van der Waals surface area contributed by atoms with E-state index in [1.807, 2.05) is 6.92 Å². The SMILES string of the molecule is CC(Cc1ccc(F)cc1)NCCCC(=O)O. The number of nitrogens with one attached hydrogen (secondary N) is 1. The lowest BCUT2D eigenvalue weighted by Crippen LogP contribution is -2.29. The van der Waals surface area contributed by atoms with Crippen molar-refractivity contribution >= 4 is 5.97 Å². The Morgan fingerprint density at radius 2 is 2.06 bits per heavy atom. The van der Waals surface area contributed by atoms with Gasteiger partial charge in [0, 0.05) is 12.5 Å². The van der Waals surface area contributed by atoms with Crippen LogP contribution in [0.3, 0.4) is 0 Å². The van der Waals surface area contributed by atoms with Crippen molar-refractivity contribution < 1.29 is 14.3 Å². The van der Waals surface area contributed by atoms with E-state index in [0.29, 0.717) is 13.0 Å². The van der Waals surface area contributed by atoms with Gasteiger partial charge in [0.1, 0.15) is 5.82 Å². The minimum Gasteiger partial charge on any atom is -0.481 e. The average Bonchev–Trinajstić information content (AvgIpc) is 2.27. The summed E-state index contributed by atoms with van der Waals surface area (Å²) in [4.78, 5) is 10.3. The molecule has 0 saturated carbocycles. The van der Waals surface area contributed by atoms with Crippen LogP contribution in [-0.2, 0) is 11.2 Å². The quantitative estimate of drug-likeness (QED) is 0.717.